The molecule has 1 amide bonds. The summed E-state index contributed by atoms with van der Waals surface area (Å²) in [4.78, 5) is 29.7. The Labute approximate surface area is 220 Å². The zero-order valence-corrected chi connectivity index (χ0v) is 22.1. The summed E-state index contributed by atoms with van der Waals surface area (Å²) in [7, 11) is 1.69. The van der Waals surface area contributed by atoms with Gasteiger partial charge in [0, 0.05) is 19.6 Å². The van der Waals surface area contributed by atoms with Gasteiger partial charge in [0.1, 0.15) is 12.4 Å². The number of ether oxygens (including phenoxy) is 3. The van der Waals surface area contributed by atoms with Crippen molar-refractivity contribution in [1.29, 1.82) is 0 Å². The molecule has 0 aliphatic carbocycles. The van der Waals surface area contributed by atoms with Crippen LogP contribution in [0.4, 0.5) is 4.79 Å². The molecule has 0 radical (unpaired) electrons. The smallest absolute Gasteiger partial charge is 0.410 e. The Kier molecular flexibility index (Phi) is 9.83. The fourth-order valence-electron chi connectivity index (χ4n) is 5.56. The minimum Gasteiger partial charge on any atom is -0.497 e. The lowest BCUT2D eigenvalue weighted by atomic mass is 9.83. The van der Waals surface area contributed by atoms with Crippen molar-refractivity contribution in [3.8, 4) is 5.75 Å². The van der Waals surface area contributed by atoms with E-state index in [0.717, 1.165) is 56.6 Å². The topological polar surface area (TPSA) is 68.3 Å². The minimum absolute atomic E-state index is 0.107. The molecule has 7 nitrogen and oxygen atoms in total. The Morgan fingerprint density at radius 2 is 1.57 bits per heavy atom. The molecule has 2 saturated heterocycles. The Hall–Kier alpha value is -3.06. The maximum Gasteiger partial charge on any atom is 0.410 e. The number of amides is 1. The maximum absolute atomic E-state index is 13.0. The lowest BCUT2D eigenvalue weighted by molar-refractivity contribution is -0.151. The Morgan fingerprint density at radius 3 is 2.19 bits per heavy atom. The van der Waals surface area contributed by atoms with Gasteiger partial charge in [0.2, 0.25) is 0 Å². The largest absolute Gasteiger partial charge is 0.497 e. The van der Waals surface area contributed by atoms with Crippen molar-refractivity contribution in [3.05, 3.63) is 65.7 Å². The molecular weight excluding hydrogens is 468 g/mol. The predicted molar refractivity (Wildman–Crippen MR) is 142 cm³/mol. The fourth-order valence-corrected chi connectivity index (χ4v) is 5.56. The van der Waals surface area contributed by atoms with E-state index in [4.69, 9.17) is 14.2 Å². The number of benzene rings is 2. The molecule has 2 heterocycles. The first-order chi connectivity index (χ1) is 18.1. The van der Waals surface area contributed by atoms with Crippen molar-refractivity contribution in [2.45, 2.75) is 45.1 Å². The van der Waals surface area contributed by atoms with E-state index in [2.05, 4.69) is 17.0 Å². The van der Waals surface area contributed by atoms with Crippen LogP contribution in [0, 0.1) is 11.8 Å². The van der Waals surface area contributed by atoms with Crippen molar-refractivity contribution in [2.24, 2.45) is 11.8 Å². The van der Waals surface area contributed by atoms with Gasteiger partial charge in [-0.05, 0) is 80.8 Å². The molecule has 1 unspecified atom stereocenters. The van der Waals surface area contributed by atoms with Crippen molar-refractivity contribution in [2.75, 3.05) is 46.4 Å². The first-order valence-corrected chi connectivity index (χ1v) is 13.6. The van der Waals surface area contributed by atoms with E-state index >= 15 is 0 Å². The molecule has 1 atom stereocenters. The fraction of sp³-hybridized carbons (Fsp3) is 0.533. The number of carbonyl (C=O) groups excluding carboxylic acids is 2. The molecule has 37 heavy (non-hydrogen) atoms. The van der Waals surface area contributed by atoms with Crippen LogP contribution < -0.4 is 4.74 Å². The van der Waals surface area contributed by atoms with Crippen molar-refractivity contribution < 1.29 is 23.8 Å². The van der Waals surface area contributed by atoms with Crippen molar-refractivity contribution in [1.82, 2.24) is 9.80 Å². The molecule has 4 rings (SSSR count). The third-order valence-electron chi connectivity index (χ3n) is 7.79. The summed E-state index contributed by atoms with van der Waals surface area (Å²) in [5, 5.41) is 0. The van der Waals surface area contributed by atoms with Gasteiger partial charge >= 0.3 is 12.1 Å². The lowest BCUT2D eigenvalue weighted by Gasteiger charge is -2.38. The van der Waals surface area contributed by atoms with Crippen LogP contribution in [0.25, 0.3) is 0 Å². The molecule has 7 heteroatoms. The predicted octanol–water partition coefficient (Wildman–Crippen LogP) is 5.10. The van der Waals surface area contributed by atoms with Crippen LogP contribution in [0.1, 0.15) is 49.7 Å². The van der Waals surface area contributed by atoms with Gasteiger partial charge in [-0.15, -0.1) is 0 Å². The number of nitrogens with zero attached hydrogens (tertiary/aromatic N) is 2. The molecule has 0 bridgehead atoms. The summed E-state index contributed by atoms with van der Waals surface area (Å²) in [5.41, 5.74) is 2.33. The van der Waals surface area contributed by atoms with E-state index in [0.29, 0.717) is 25.6 Å². The Bertz CT molecular complexity index is 981. The second kappa shape index (κ2) is 13.5. The molecule has 2 fully saturated rings. The van der Waals surface area contributed by atoms with Crippen molar-refractivity contribution >= 4 is 12.1 Å². The van der Waals surface area contributed by atoms with E-state index in [9.17, 15) is 9.59 Å². The average Bonchev–Trinajstić information content (AvgIpc) is 2.96. The number of carbonyl (C=O) groups is 2. The Morgan fingerprint density at radius 1 is 0.892 bits per heavy atom. The van der Waals surface area contributed by atoms with E-state index in [-0.39, 0.29) is 30.5 Å². The summed E-state index contributed by atoms with van der Waals surface area (Å²) in [6.07, 6.45) is 3.44. The highest BCUT2D eigenvalue weighted by molar-refractivity contribution is 5.73. The molecule has 2 aromatic carbocycles. The number of esters is 1. The number of likely N-dealkylation sites (tertiary alicyclic amines) is 2. The third kappa shape index (κ3) is 7.48. The quantitative estimate of drug-likeness (QED) is 0.439. The number of methoxy groups -OCH3 is 1. The van der Waals surface area contributed by atoms with Gasteiger partial charge < -0.3 is 24.0 Å². The summed E-state index contributed by atoms with van der Waals surface area (Å²) in [5.74, 6) is 1.35. The molecule has 0 aromatic heterocycles. The second-order valence-corrected chi connectivity index (χ2v) is 10.1. The molecule has 0 spiro atoms. The number of rotatable bonds is 9. The molecule has 2 aromatic rings. The lowest BCUT2D eigenvalue weighted by Crippen LogP contribution is -2.46. The highest BCUT2D eigenvalue weighted by Crippen LogP contribution is 2.32. The van der Waals surface area contributed by atoms with Crippen LogP contribution in [0.5, 0.6) is 5.75 Å². The summed E-state index contributed by atoms with van der Waals surface area (Å²) in [6.45, 7) is 6.39. The monoisotopic (exact) mass is 508 g/mol. The molecule has 200 valence electrons. The van der Waals surface area contributed by atoms with Crippen LogP contribution in [0.2, 0.25) is 0 Å². The standard InChI is InChI=1S/C30H40N2O5/c1-3-36-29(33)28(21-31-17-13-25(14-18-31)24-9-11-27(35-2)12-10-24)26-15-19-32(20-16-26)30(34)37-22-23-7-5-4-6-8-23/h4-12,25-26,28H,3,13-22H2,1-2H3. The first kappa shape index (κ1) is 27.0. The minimum atomic E-state index is -0.282. The number of hydrogen-bond acceptors (Lipinski definition) is 6. The summed E-state index contributed by atoms with van der Waals surface area (Å²) in [6, 6.07) is 18.1. The highest BCUT2D eigenvalue weighted by atomic mass is 16.6. The third-order valence-corrected chi connectivity index (χ3v) is 7.79. The SMILES string of the molecule is CCOC(=O)C(CN1CCC(c2ccc(OC)cc2)CC1)C1CCN(C(=O)OCc2ccccc2)CC1. The molecule has 2 aliphatic heterocycles. The van der Waals surface area contributed by atoms with Crippen LogP contribution in [0.3, 0.4) is 0 Å². The number of piperidine rings is 2. The van der Waals surface area contributed by atoms with E-state index in [1.54, 1.807) is 12.0 Å². The van der Waals surface area contributed by atoms with E-state index in [1.165, 1.54) is 5.56 Å². The molecular formula is C30H40N2O5. The highest BCUT2D eigenvalue weighted by Gasteiger charge is 2.36. The zero-order chi connectivity index (χ0) is 26.0. The van der Waals surface area contributed by atoms with Gasteiger partial charge in [-0.2, -0.15) is 0 Å². The van der Waals surface area contributed by atoms with E-state index < -0.39 is 0 Å². The normalized spacial score (nSPS) is 18.3. The maximum atomic E-state index is 13.0. The van der Waals surface area contributed by atoms with Crippen LogP contribution >= 0.6 is 0 Å². The van der Waals surface area contributed by atoms with Gasteiger partial charge in [0.05, 0.1) is 19.6 Å². The molecule has 2 aliphatic rings. The van der Waals surface area contributed by atoms with Gasteiger partial charge in [-0.3, -0.25) is 4.79 Å². The Balaban J connectivity index is 1.27. The molecule has 0 N–H and O–H groups in total. The van der Waals surface area contributed by atoms with E-state index in [1.807, 2.05) is 49.4 Å². The van der Waals surface area contributed by atoms with Gasteiger partial charge in [-0.1, -0.05) is 42.5 Å². The number of hydrogen-bond donors (Lipinski definition) is 0. The van der Waals surface area contributed by atoms with Gasteiger partial charge in [-0.25, -0.2) is 4.79 Å². The van der Waals surface area contributed by atoms with Crippen LogP contribution in [0.15, 0.2) is 54.6 Å². The van der Waals surface area contributed by atoms with Crippen LogP contribution in [-0.2, 0) is 20.9 Å². The van der Waals surface area contributed by atoms with Gasteiger partial charge in [0.25, 0.3) is 0 Å². The second-order valence-electron chi connectivity index (χ2n) is 10.1. The summed E-state index contributed by atoms with van der Waals surface area (Å²) < 4.78 is 16.3. The zero-order valence-electron chi connectivity index (χ0n) is 22.1. The van der Waals surface area contributed by atoms with Gasteiger partial charge in [0.15, 0.2) is 0 Å². The van der Waals surface area contributed by atoms with Crippen molar-refractivity contribution in [3.63, 3.8) is 0 Å². The summed E-state index contributed by atoms with van der Waals surface area (Å²) >= 11 is 0. The average molecular weight is 509 g/mol. The molecule has 0 saturated carbocycles. The first-order valence-electron chi connectivity index (χ1n) is 13.6. The van der Waals surface area contributed by atoms with Crippen LogP contribution in [-0.4, -0.2) is 68.3 Å².